The van der Waals surface area contributed by atoms with Crippen molar-refractivity contribution < 1.29 is 9.59 Å². The zero-order valence-corrected chi connectivity index (χ0v) is 17.1. The van der Waals surface area contributed by atoms with Gasteiger partial charge < -0.3 is 14.8 Å². The Bertz CT molecular complexity index is 947. The summed E-state index contributed by atoms with van der Waals surface area (Å²) in [5.41, 5.74) is 1.78. The minimum Gasteiger partial charge on any atom is -0.332 e. The first kappa shape index (κ1) is 19.8. The van der Waals surface area contributed by atoms with Crippen LogP contribution in [-0.4, -0.2) is 39.9 Å². The number of carbonyl (C=O) groups is 2. The summed E-state index contributed by atoms with van der Waals surface area (Å²) in [7, 11) is 1.63. The SMILES string of the molecule is CC(C)c1nccn1Cc1cccc(NC(=O)CN(C)C(=O)c2cccs2)c1. The van der Waals surface area contributed by atoms with Crippen LogP contribution in [0.2, 0.25) is 0 Å². The molecule has 0 saturated carbocycles. The molecule has 3 rings (SSSR count). The fourth-order valence-electron chi connectivity index (χ4n) is 2.98. The molecule has 1 aromatic carbocycles. The number of rotatable bonds is 7. The summed E-state index contributed by atoms with van der Waals surface area (Å²) in [5.74, 6) is 0.993. The molecule has 0 bridgehead atoms. The van der Waals surface area contributed by atoms with Crippen LogP contribution in [0.25, 0.3) is 0 Å². The number of hydrogen-bond acceptors (Lipinski definition) is 4. The van der Waals surface area contributed by atoms with E-state index >= 15 is 0 Å². The van der Waals surface area contributed by atoms with Crippen LogP contribution in [0, 0.1) is 0 Å². The summed E-state index contributed by atoms with van der Waals surface area (Å²) >= 11 is 1.37. The number of benzene rings is 1. The number of thiophene rings is 1. The fourth-order valence-corrected chi connectivity index (χ4v) is 3.69. The highest BCUT2D eigenvalue weighted by molar-refractivity contribution is 7.12. The molecular weight excluding hydrogens is 372 g/mol. The van der Waals surface area contributed by atoms with E-state index in [2.05, 4.69) is 28.7 Å². The van der Waals surface area contributed by atoms with E-state index < -0.39 is 0 Å². The second-order valence-corrected chi connectivity index (χ2v) is 7.90. The molecule has 0 spiro atoms. The number of imidazole rings is 1. The highest BCUT2D eigenvalue weighted by Gasteiger charge is 2.16. The first-order valence-corrected chi connectivity index (χ1v) is 10.0. The maximum atomic E-state index is 12.4. The van der Waals surface area contributed by atoms with Crippen molar-refractivity contribution in [1.29, 1.82) is 0 Å². The fraction of sp³-hybridized carbons (Fsp3) is 0.286. The molecule has 2 heterocycles. The lowest BCUT2D eigenvalue weighted by molar-refractivity contribution is -0.116. The Hall–Kier alpha value is -2.93. The van der Waals surface area contributed by atoms with E-state index in [1.165, 1.54) is 16.2 Å². The van der Waals surface area contributed by atoms with Gasteiger partial charge in [-0.2, -0.15) is 0 Å². The second kappa shape index (κ2) is 8.84. The summed E-state index contributed by atoms with van der Waals surface area (Å²) < 4.78 is 2.11. The van der Waals surface area contributed by atoms with E-state index in [9.17, 15) is 9.59 Å². The van der Waals surface area contributed by atoms with Gasteiger partial charge in [-0.1, -0.05) is 32.0 Å². The predicted octanol–water partition coefficient (Wildman–Crippen LogP) is 3.83. The molecule has 1 N–H and O–H groups in total. The molecule has 3 aromatic rings. The van der Waals surface area contributed by atoms with Crippen LogP contribution in [0.4, 0.5) is 5.69 Å². The van der Waals surface area contributed by atoms with Gasteiger partial charge in [0.05, 0.1) is 11.4 Å². The molecule has 0 aliphatic carbocycles. The standard InChI is InChI=1S/C21H24N4O2S/c1-15(2)20-22-9-10-25(20)13-16-6-4-7-17(12-16)23-19(26)14-24(3)21(27)18-8-5-11-28-18/h4-12,15H,13-14H2,1-3H3,(H,23,26). The Morgan fingerprint density at radius 1 is 1.25 bits per heavy atom. The second-order valence-electron chi connectivity index (χ2n) is 6.96. The Morgan fingerprint density at radius 2 is 2.07 bits per heavy atom. The Morgan fingerprint density at radius 3 is 2.79 bits per heavy atom. The van der Waals surface area contributed by atoms with Gasteiger partial charge in [-0.25, -0.2) is 4.98 Å². The minimum atomic E-state index is -0.227. The quantitative estimate of drug-likeness (QED) is 0.660. The molecule has 7 heteroatoms. The van der Waals surface area contributed by atoms with Gasteiger partial charge in [0, 0.05) is 37.6 Å². The van der Waals surface area contributed by atoms with Crippen molar-refractivity contribution in [3.63, 3.8) is 0 Å². The Balaban J connectivity index is 1.61. The normalized spacial score (nSPS) is 10.9. The van der Waals surface area contributed by atoms with Crippen molar-refractivity contribution in [1.82, 2.24) is 14.5 Å². The van der Waals surface area contributed by atoms with Crippen LogP contribution >= 0.6 is 11.3 Å². The van der Waals surface area contributed by atoms with E-state index in [-0.39, 0.29) is 18.4 Å². The third kappa shape index (κ3) is 4.86. The first-order valence-electron chi connectivity index (χ1n) is 9.13. The molecule has 0 fully saturated rings. The Kier molecular flexibility index (Phi) is 6.26. The lowest BCUT2D eigenvalue weighted by Crippen LogP contribution is -2.34. The van der Waals surface area contributed by atoms with Gasteiger partial charge in [-0.05, 0) is 29.1 Å². The van der Waals surface area contributed by atoms with E-state index in [0.29, 0.717) is 23.0 Å². The summed E-state index contributed by atoms with van der Waals surface area (Å²) in [5, 5.41) is 4.72. The number of anilines is 1. The highest BCUT2D eigenvalue weighted by atomic mass is 32.1. The summed E-state index contributed by atoms with van der Waals surface area (Å²) in [6.45, 7) is 4.92. The maximum Gasteiger partial charge on any atom is 0.264 e. The lowest BCUT2D eigenvalue weighted by Gasteiger charge is -2.16. The molecule has 0 saturated heterocycles. The van der Waals surface area contributed by atoms with Gasteiger partial charge in [-0.15, -0.1) is 11.3 Å². The lowest BCUT2D eigenvalue weighted by atomic mass is 10.1. The average Bonchev–Trinajstić information content (AvgIpc) is 3.33. The summed E-state index contributed by atoms with van der Waals surface area (Å²) in [6, 6.07) is 11.3. The molecule has 0 aliphatic rings. The molecule has 0 atom stereocenters. The molecule has 0 unspecified atom stereocenters. The van der Waals surface area contributed by atoms with Crippen molar-refractivity contribution in [2.24, 2.45) is 0 Å². The first-order chi connectivity index (χ1) is 13.4. The molecule has 2 aromatic heterocycles. The predicted molar refractivity (Wildman–Crippen MR) is 112 cm³/mol. The van der Waals surface area contributed by atoms with Crippen LogP contribution in [-0.2, 0) is 11.3 Å². The summed E-state index contributed by atoms with van der Waals surface area (Å²) in [4.78, 5) is 31.1. The highest BCUT2D eigenvalue weighted by Crippen LogP contribution is 2.17. The zero-order chi connectivity index (χ0) is 20.1. The van der Waals surface area contributed by atoms with Gasteiger partial charge in [-0.3, -0.25) is 9.59 Å². The number of hydrogen-bond donors (Lipinski definition) is 1. The van der Waals surface area contributed by atoms with E-state index in [0.717, 1.165) is 11.4 Å². The van der Waals surface area contributed by atoms with Crippen molar-refractivity contribution in [2.75, 3.05) is 18.9 Å². The van der Waals surface area contributed by atoms with E-state index in [1.807, 2.05) is 41.9 Å². The number of nitrogens with zero attached hydrogens (tertiary/aromatic N) is 3. The van der Waals surface area contributed by atoms with Crippen LogP contribution in [0.1, 0.15) is 40.8 Å². The molecule has 146 valence electrons. The maximum absolute atomic E-state index is 12.4. The third-order valence-electron chi connectivity index (χ3n) is 4.29. The van der Waals surface area contributed by atoms with Gasteiger partial charge in [0.1, 0.15) is 5.82 Å². The van der Waals surface area contributed by atoms with Crippen molar-refractivity contribution >= 4 is 28.8 Å². The number of amides is 2. The van der Waals surface area contributed by atoms with E-state index in [4.69, 9.17) is 0 Å². The van der Waals surface area contributed by atoms with Crippen LogP contribution in [0.15, 0.2) is 54.2 Å². The average molecular weight is 397 g/mol. The van der Waals surface area contributed by atoms with Crippen molar-refractivity contribution in [2.45, 2.75) is 26.3 Å². The van der Waals surface area contributed by atoms with Gasteiger partial charge in [0.2, 0.25) is 5.91 Å². The molecule has 0 radical (unpaired) electrons. The number of likely N-dealkylation sites (N-methyl/N-ethyl adjacent to an activating group) is 1. The molecule has 6 nitrogen and oxygen atoms in total. The third-order valence-corrected chi connectivity index (χ3v) is 5.15. The Labute approximate surface area is 168 Å². The molecular formula is C21H24N4O2S. The van der Waals surface area contributed by atoms with Crippen LogP contribution in [0.5, 0.6) is 0 Å². The number of aromatic nitrogens is 2. The van der Waals surface area contributed by atoms with Gasteiger partial charge in [0.15, 0.2) is 0 Å². The zero-order valence-electron chi connectivity index (χ0n) is 16.3. The molecule has 28 heavy (non-hydrogen) atoms. The monoisotopic (exact) mass is 396 g/mol. The van der Waals surface area contributed by atoms with E-state index in [1.54, 1.807) is 19.3 Å². The molecule has 2 amide bonds. The molecule has 0 aliphatic heterocycles. The largest absolute Gasteiger partial charge is 0.332 e. The number of carbonyl (C=O) groups excluding carboxylic acids is 2. The van der Waals surface area contributed by atoms with Gasteiger partial charge >= 0.3 is 0 Å². The van der Waals surface area contributed by atoms with Gasteiger partial charge in [0.25, 0.3) is 5.91 Å². The topological polar surface area (TPSA) is 67.2 Å². The minimum absolute atomic E-state index is 0.0000208. The van der Waals surface area contributed by atoms with Crippen LogP contribution in [0.3, 0.4) is 0 Å². The van der Waals surface area contributed by atoms with Crippen molar-refractivity contribution in [3.8, 4) is 0 Å². The van der Waals surface area contributed by atoms with Crippen LogP contribution < -0.4 is 5.32 Å². The van der Waals surface area contributed by atoms with Crippen molar-refractivity contribution in [3.05, 3.63) is 70.4 Å². The summed E-state index contributed by atoms with van der Waals surface area (Å²) in [6.07, 6.45) is 3.77. The number of nitrogens with one attached hydrogen (secondary N) is 1. The smallest absolute Gasteiger partial charge is 0.264 e.